The van der Waals surface area contributed by atoms with Gasteiger partial charge in [-0.1, -0.05) is 22.8 Å². The molecule has 0 aliphatic carbocycles. The first-order valence-corrected chi connectivity index (χ1v) is 9.44. The van der Waals surface area contributed by atoms with Crippen molar-refractivity contribution in [1.29, 1.82) is 0 Å². The van der Waals surface area contributed by atoms with Crippen molar-refractivity contribution in [1.82, 2.24) is 10.1 Å². The highest BCUT2D eigenvalue weighted by Crippen LogP contribution is 2.39. The Morgan fingerprint density at radius 3 is 2.78 bits per heavy atom. The van der Waals surface area contributed by atoms with Crippen molar-refractivity contribution < 1.29 is 14.1 Å². The molecule has 1 amide bonds. The van der Waals surface area contributed by atoms with Gasteiger partial charge in [-0.15, -0.1) is 0 Å². The number of amides is 1. The molecule has 1 spiro atoms. The summed E-state index contributed by atoms with van der Waals surface area (Å²) in [6, 6.07) is 5.65. The number of benzene rings is 1. The lowest BCUT2D eigenvalue weighted by atomic mass is 9.88. The van der Waals surface area contributed by atoms with Crippen LogP contribution in [-0.4, -0.2) is 41.2 Å². The van der Waals surface area contributed by atoms with Gasteiger partial charge < -0.3 is 14.6 Å². The van der Waals surface area contributed by atoms with Crippen LogP contribution in [0.4, 0.5) is 5.82 Å². The van der Waals surface area contributed by atoms with Gasteiger partial charge in [0.25, 0.3) is 0 Å². The molecule has 0 bridgehead atoms. The molecular formula is C20H22ClN3O3. The minimum atomic E-state index is -0.302. The number of piperidine rings is 1. The summed E-state index contributed by atoms with van der Waals surface area (Å²) in [4.78, 5) is 14.3. The van der Waals surface area contributed by atoms with Crippen LogP contribution in [0.1, 0.15) is 29.7 Å². The molecule has 3 heterocycles. The Kier molecular flexibility index (Phi) is 4.70. The average Bonchev–Trinajstić information content (AvgIpc) is 3.03. The molecule has 27 heavy (non-hydrogen) atoms. The van der Waals surface area contributed by atoms with Gasteiger partial charge in [0.15, 0.2) is 5.82 Å². The van der Waals surface area contributed by atoms with Crippen molar-refractivity contribution in [3.63, 3.8) is 0 Å². The monoisotopic (exact) mass is 387 g/mol. The van der Waals surface area contributed by atoms with E-state index in [0.717, 1.165) is 47.8 Å². The predicted molar refractivity (Wildman–Crippen MR) is 104 cm³/mol. The number of carbonyl (C=O) groups excluding carboxylic acids is 1. The zero-order valence-electron chi connectivity index (χ0n) is 15.4. The summed E-state index contributed by atoms with van der Waals surface area (Å²) < 4.78 is 11.3. The van der Waals surface area contributed by atoms with Crippen molar-refractivity contribution in [2.24, 2.45) is 0 Å². The number of likely N-dealkylation sites (tertiary alicyclic amines) is 1. The van der Waals surface area contributed by atoms with E-state index >= 15 is 0 Å². The van der Waals surface area contributed by atoms with Gasteiger partial charge in [-0.3, -0.25) is 9.69 Å². The van der Waals surface area contributed by atoms with Gasteiger partial charge in [-0.25, -0.2) is 0 Å². The van der Waals surface area contributed by atoms with E-state index in [4.69, 9.17) is 20.9 Å². The highest BCUT2D eigenvalue weighted by Gasteiger charge is 2.37. The minimum absolute atomic E-state index is 0.0880. The van der Waals surface area contributed by atoms with E-state index in [1.807, 2.05) is 19.1 Å². The van der Waals surface area contributed by atoms with Gasteiger partial charge in [-0.05, 0) is 37.6 Å². The second kappa shape index (κ2) is 7.02. The molecule has 2 aliphatic heterocycles. The number of carbonyl (C=O) groups is 1. The lowest BCUT2D eigenvalue weighted by Crippen LogP contribution is -2.49. The summed E-state index contributed by atoms with van der Waals surface area (Å²) in [6.07, 6.45) is 5.90. The Bertz CT molecular complexity index is 898. The van der Waals surface area contributed by atoms with Gasteiger partial charge in [0, 0.05) is 42.6 Å². The van der Waals surface area contributed by atoms with Crippen molar-refractivity contribution >= 4 is 29.4 Å². The van der Waals surface area contributed by atoms with E-state index in [9.17, 15) is 4.79 Å². The number of nitrogens with zero attached hydrogens (tertiary/aromatic N) is 2. The highest BCUT2D eigenvalue weighted by molar-refractivity contribution is 6.31. The third kappa shape index (κ3) is 3.87. The number of aromatic nitrogens is 1. The van der Waals surface area contributed by atoms with Crippen LogP contribution in [0.25, 0.3) is 6.08 Å². The van der Waals surface area contributed by atoms with E-state index in [1.54, 1.807) is 13.0 Å². The molecule has 6 nitrogen and oxygen atoms in total. The number of fused-ring (bicyclic) bond motifs is 1. The normalized spacial score (nSPS) is 18.2. The Hall–Kier alpha value is -2.31. The molecule has 2 aliphatic rings. The second-order valence-corrected chi connectivity index (χ2v) is 7.69. The number of aryl methyl sites for hydroxylation is 2. The number of ether oxygens (including phenoxy) is 1. The lowest BCUT2D eigenvalue weighted by molar-refractivity contribution is -0.118. The molecule has 7 heteroatoms. The molecule has 1 aromatic heterocycles. The van der Waals surface area contributed by atoms with Gasteiger partial charge in [-0.2, -0.15) is 0 Å². The van der Waals surface area contributed by atoms with Crippen LogP contribution >= 0.6 is 11.6 Å². The smallest absolute Gasteiger partial charge is 0.239 e. The average molecular weight is 388 g/mol. The van der Waals surface area contributed by atoms with Crippen molar-refractivity contribution in [2.45, 2.75) is 32.3 Å². The first-order valence-electron chi connectivity index (χ1n) is 9.06. The zero-order valence-corrected chi connectivity index (χ0v) is 16.2. The summed E-state index contributed by atoms with van der Waals surface area (Å²) >= 11 is 6.21. The summed E-state index contributed by atoms with van der Waals surface area (Å²) in [5, 5.41) is 7.30. The molecular weight excluding hydrogens is 366 g/mol. The predicted octanol–water partition coefficient (Wildman–Crippen LogP) is 3.82. The molecule has 4 rings (SSSR count). The summed E-state index contributed by atoms with van der Waals surface area (Å²) in [7, 11) is 0. The molecule has 0 atom stereocenters. The molecule has 1 fully saturated rings. The first kappa shape index (κ1) is 18.1. The van der Waals surface area contributed by atoms with E-state index in [-0.39, 0.29) is 11.5 Å². The van der Waals surface area contributed by atoms with Gasteiger partial charge in [0.2, 0.25) is 5.91 Å². The zero-order chi connectivity index (χ0) is 19.0. The van der Waals surface area contributed by atoms with Crippen LogP contribution in [0.5, 0.6) is 5.75 Å². The maximum absolute atomic E-state index is 12.2. The Labute approximate surface area is 163 Å². The third-order valence-corrected chi connectivity index (χ3v) is 5.54. The van der Waals surface area contributed by atoms with E-state index in [0.29, 0.717) is 18.1 Å². The van der Waals surface area contributed by atoms with Crippen LogP contribution in [0.2, 0.25) is 5.02 Å². The number of anilines is 1. The van der Waals surface area contributed by atoms with E-state index < -0.39 is 0 Å². The van der Waals surface area contributed by atoms with Crippen LogP contribution < -0.4 is 10.1 Å². The molecule has 1 saturated heterocycles. The van der Waals surface area contributed by atoms with E-state index in [1.165, 1.54) is 0 Å². The van der Waals surface area contributed by atoms with Crippen LogP contribution in [0.15, 0.2) is 28.8 Å². The molecule has 0 saturated carbocycles. The lowest BCUT2D eigenvalue weighted by Gasteiger charge is -2.41. The third-order valence-electron chi connectivity index (χ3n) is 5.14. The quantitative estimate of drug-likeness (QED) is 0.867. The summed E-state index contributed by atoms with van der Waals surface area (Å²) in [5.74, 6) is 1.92. The molecule has 1 N–H and O–H groups in total. The van der Waals surface area contributed by atoms with Crippen LogP contribution in [0.3, 0.4) is 0 Å². The second-order valence-electron chi connectivity index (χ2n) is 7.29. The maximum Gasteiger partial charge on any atom is 0.239 e. The number of hydrogen-bond acceptors (Lipinski definition) is 5. The highest BCUT2D eigenvalue weighted by atomic mass is 35.5. The van der Waals surface area contributed by atoms with Gasteiger partial charge in [0.05, 0.1) is 6.54 Å². The molecule has 1 aromatic carbocycles. The van der Waals surface area contributed by atoms with Gasteiger partial charge in [0.1, 0.15) is 17.1 Å². The minimum Gasteiger partial charge on any atom is -0.482 e. The number of hydrogen-bond donors (Lipinski definition) is 1. The van der Waals surface area contributed by atoms with Crippen LogP contribution in [0, 0.1) is 13.8 Å². The maximum atomic E-state index is 12.2. The Morgan fingerprint density at radius 1 is 1.30 bits per heavy atom. The standard InChI is InChI=1S/C20H22ClN3O3/c1-13-9-17-15(11-16(13)21)3-4-20(26-17)5-7-24(8-6-20)12-19(25)22-18-10-14(2)27-23-18/h3-4,9-11H,5-8,12H2,1-2H3,(H,22,23,25). The number of rotatable bonds is 3. The van der Waals surface area contributed by atoms with Crippen molar-refractivity contribution in [3.8, 4) is 5.75 Å². The summed E-state index contributed by atoms with van der Waals surface area (Å²) in [6.45, 7) is 5.68. The van der Waals surface area contributed by atoms with Crippen molar-refractivity contribution in [2.75, 3.05) is 25.0 Å². The fraction of sp³-hybridized carbons (Fsp3) is 0.400. The fourth-order valence-electron chi connectivity index (χ4n) is 3.55. The summed E-state index contributed by atoms with van der Waals surface area (Å²) in [5.41, 5.74) is 1.72. The first-order chi connectivity index (χ1) is 12.9. The molecule has 142 valence electrons. The van der Waals surface area contributed by atoms with Gasteiger partial charge >= 0.3 is 0 Å². The molecule has 0 radical (unpaired) electrons. The Morgan fingerprint density at radius 2 is 2.07 bits per heavy atom. The SMILES string of the molecule is Cc1cc(NC(=O)CN2CCC3(C=Cc4cc(Cl)c(C)cc4O3)CC2)no1. The number of nitrogens with one attached hydrogen (secondary N) is 1. The van der Waals surface area contributed by atoms with Crippen molar-refractivity contribution in [3.05, 3.63) is 46.2 Å². The Balaban J connectivity index is 1.35. The van der Waals surface area contributed by atoms with Crippen LogP contribution in [-0.2, 0) is 4.79 Å². The molecule has 2 aromatic rings. The molecule has 0 unspecified atom stereocenters. The largest absolute Gasteiger partial charge is 0.482 e. The number of halogens is 1. The fourth-order valence-corrected chi connectivity index (χ4v) is 3.72. The topological polar surface area (TPSA) is 67.6 Å². The van der Waals surface area contributed by atoms with E-state index in [2.05, 4.69) is 27.5 Å².